The predicted octanol–water partition coefficient (Wildman–Crippen LogP) is 1.92. The summed E-state index contributed by atoms with van der Waals surface area (Å²) < 4.78 is 5.35. The van der Waals surface area contributed by atoms with Crippen LogP contribution in [-0.2, 0) is 11.2 Å². The van der Waals surface area contributed by atoms with Crippen molar-refractivity contribution in [3.63, 3.8) is 0 Å². The molecular formula is C17H23ClN6O. The quantitative estimate of drug-likeness (QED) is 0.743. The molecule has 25 heavy (non-hydrogen) atoms. The van der Waals surface area contributed by atoms with E-state index >= 15 is 0 Å². The Labute approximate surface area is 152 Å². The molecule has 2 N–H and O–H groups in total. The van der Waals surface area contributed by atoms with Crippen LogP contribution in [0.15, 0.2) is 30.5 Å². The molecule has 0 unspecified atom stereocenters. The number of nitrogens with zero attached hydrogens (tertiary/aromatic N) is 4. The van der Waals surface area contributed by atoms with Crippen LogP contribution in [0.5, 0.6) is 0 Å². The number of morpholine rings is 1. The second kappa shape index (κ2) is 9.50. The van der Waals surface area contributed by atoms with Crippen molar-refractivity contribution in [3.05, 3.63) is 41.0 Å². The van der Waals surface area contributed by atoms with Crippen molar-refractivity contribution in [1.29, 1.82) is 0 Å². The van der Waals surface area contributed by atoms with Crippen molar-refractivity contribution >= 4 is 23.4 Å². The maximum absolute atomic E-state index is 5.89. The molecule has 0 spiro atoms. The van der Waals surface area contributed by atoms with Crippen LogP contribution in [0.25, 0.3) is 0 Å². The van der Waals surface area contributed by atoms with E-state index in [4.69, 9.17) is 16.3 Å². The average molecular weight is 363 g/mol. The summed E-state index contributed by atoms with van der Waals surface area (Å²) in [5, 5.41) is 15.3. The number of benzene rings is 1. The van der Waals surface area contributed by atoms with Crippen molar-refractivity contribution in [2.75, 3.05) is 56.6 Å². The molecule has 1 aromatic heterocycles. The van der Waals surface area contributed by atoms with Crippen molar-refractivity contribution < 1.29 is 4.74 Å². The fraction of sp³-hybridized carbons (Fsp3) is 0.471. The minimum atomic E-state index is 0.533. The monoisotopic (exact) mass is 362 g/mol. The molecule has 0 bridgehead atoms. The molecule has 3 rings (SSSR count). The highest BCUT2D eigenvalue weighted by atomic mass is 35.5. The highest BCUT2D eigenvalue weighted by molar-refractivity contribution is 6.30. The second-order valence-electron chi connectivity index (χ2n) is 5.85. The Bertz CT molecular complexity index is 648. The number of hydrogen-bond donors (Lipinski definition) is 2. The van der Waals surface area contributed by atoms with E-state index in [2.05, 4.69) is 30.7 Å². The Balaban J connectivity index is 1.40. The summed E-state index contributed by atoms with van der Waals surface area (Å²) in [6.45, 7) is 6.13. The molecule has 0 amide bonds. The first-order chi connectivity index (χ1) is 12.3. The topological polar surface area (TPSA) is 75.2 Å². The summed E-state index contributed by atoms with van der Waals surface area (Å²) in [6, 6.07) is 7.83. The lowest BCUT2D eigenvalue weighted by molar-refractivity contribution is 0.0398. The fourth-order valence-corrected chi connectivity index (χ4v) is 2.73. The van der Waals surface area contributed by atoms with Gasteiger partial charge in [0.05, 0.1) is 19.4 Å². The van der Waals surface area contributed by atoms with Gasteiger partial charge in [-0.15, -0.1) is 5.10 Å². The van der Waals surface area contributed by atoms with Crippen molar-refractivity contribution in [1.82, 2.24) is 20.1 Å². The zero-order chi connectivity index (χ0) is 17.3. The number of nitrogens with one attached hydrogen (secondary N) is 2. The largest absolute Gasteiger partial charge is 0.379 e. The summed E-state index contributed by atoms with van der Waals surface area (Å²) in [7, 11) is 0. The molecule has 1 saturated heterocycles. The first-order valence-corrected chi connectivity index (χ1v) is 8.89. The van der Waals surface area contributed by atoms with Gasteiger partial charge in [-0.3, -0.25) is 4.90 Å². The highest BCUT2D eigenvalue weighted by Crippen LogP contribution is 2.10. The summed E-state index contributed by atoms with van der Waals surface area (Å²) in [5.41, 5.74) is 1.21. The minimum Gasteiger partial charge on any atom is -0.379 e. The standard InChI is InChI=1S/C17H23ClN6O/c18-15-3-1-14(2-4-15)5-6-20-17-22-16(13-21-23-17)19-7-8-24-9-11-25-12-10-24/h1-4,13H,5-12H2,(H2,19,20,22,23). The van der Waals surface area contributed by atoms with Gasteiger partial charge in [0, 0.05) is 37.7 Å². The lowest BCUT2D eigenvalue weighted by atomic mass is 10.1. The lowest BCUT2D eigenvalue weighted by Crippen LogP contribution is -2.39. The lowest BCUT2D eigenvalue weighted by Gasteiger charge is -2.26. The van der Waals surface area contributed by atoms with Crippen molar-refractivity contribution in [2.24, 2.45) is 0 Å². The third-order valence-corrected chi connectivity index (χ3v) is 4.26. The van der Waals surface area contributed by atoms with Crippen LogP contribution < -0.4 is 10.6 Å². The first kappa shape index (κ1) is 17.8. The van der Waals surface area contributed by atoms with Gasteiger partial charge in [0.2, 0.25) is 5.95 Å². The molecule has 0 atom stereocenters. The Morgan fingerprint density at radius 3 is 2.68 bits per heavy atom. The van der Waals surface area contributed by atoms with Crippen LogP contribution in [0.4, 0.5) is 11.8 Å². The zero-order valence-electron chi connectivity index (χ0n) is 14.1. The third-order valence-electron chi connectivity index (χ3n) is 4.01. The van der Waals surface area contributed by atoms with Crippen LogP contribution >= 0.6 is 11.6 Å². The number of rotatable bonds is 8. The smallest absolute Gasteiger partial charge is 0.244 e. The maximum Gasteiger partial charge on any atom is 0.244 e. The van der Waals surface area contributed by atoms with E-state index in [-0.39, 0.29) is 0 Å². The van der Waals surface area contributed by atoms with E-state index < -0.39 is 0 Å². The molecule has 2 aromatic rings. The molecule has 1 aliphatic heterocycles. The Hall–Kier alpha value is -1.96. The molecule has 0 aliphatic carbocycles. The van der Waals surface area contributed by atoms with Gasteiger partial charge < -0.3 is 15.4 Å². The predicted molar refractivity (Wildman–Crippen MR) is 99.2 cm³/mol. The summed E-state index contributed by atoms with van der Waals surface area (Å²) >= 11 is 5.89. The van der Waals surface area contributed by atoms with Gasteiger partial charge in [-0.25, -0.2) is 0 Å². The normalized spacial score (nSPS) is 15.1. The van der Waals surface area contributed by atoms with Gasteiger partial charge >= 0.3 is 0 Å². The Morgan fingerprint density at radius 1 is 1.08 bits per heavy atom. The highest BCUT2D eigenvalue weighted by Gasteiger charge is 2.09. The Kier molecular flexibility index (Phi) is 6.79. The average Bonchev–Trinajstić information content (AvgIpc) is 2.65. The van der Waals surface area contributed by atoms with Gasteiger partial charge in [-0.05, 0) is 24.1 Å². The molecule has 7 nitrogen and oxygen atoms in total. The maximum atomic E-state index is 5.89. The molecule has 1 aromatic carbocycles. The van der Waals surface area contributed by atoms with Crippen LogP contribution in [0.3, 0.4) is 0 Å². The van der Waals surface area contributed by atoms with Gasteiger partial charge in [-0.1, -0.05) is 23.7 Å². The van der Waals surface area contributed by atoms with Crippen LogP contribution in [-0.4, -0.2) is 66.0 Å². The van der Waals surface area contributed by atoms with Gasteiger partial charge in [0.25, 0.3) is 0 Å². The zero-order valence-corrected chi connectivity index (χ0v) is 14.9. The van der Waals surface area contributed by atoms with Gasteiger partial charge in [0.15, 0.2) is 5.82 Å². The second-order valence-corrected chi connectivity index (χ2v) is 6.29. The molecule has 2 heterocycles. The molecule has 0 saturated carbocycles. The minimum absolute atomic E-state index is 0.533. The van der Waals surface area contributed by atoms with E-state index in [9.17, 15) is 0 Å². The first-order valence-electron chi connectivity index (χ1n) is 8.51. The van der Waals surface area contributed by atoms with E-state index in [0.29, 0.717) is 5.95 Å². The molecule has 1 fully saturated rings. The van der Waals surface area contributed by atoms with Crippen molar-refractivity contribution in [3.8, 4) is 0 Å². The third kappa shape index (κ3) is 6.12. The molecular weight excluding hydrogens is 340 g/mol. The van der Waals surface area contributed by atoms with Gasteiger partial charge in [-0.2, -0.15) is 10.1 Å². The molecule has 134 valence electrons. The molecule has 8 heteroatoms. The van der Waals surface area contributed by atoms with Crippen LogP contribution in [0.2, 0.25) is 5.02 Å². The summed E-state index contributed by atoms with van der Waals surface area (Å²) in [4.78, 5) is 6.81. The van der Waals surface area contributed by atoms with E-state index in [0.717, 1.165) is 63.2 Å². The van der Waals surface area contributed by atoms with Crippen LogP contribution in [0, 0.1) is 0 Å². The SMILES string of the molecule is Clc1ccc(CCNc2nncc(NCCN3CCOCC3)n2)cc1. The molecule has 0 radical (unpaired) electrons. The molecule has 1 aliphatic rings. The van der Waals surface area contributed by atoms with Gasteiger partial charge in [0.1, 0.15) is 0 Å². The Morgan fingerprint density at radius 2 is 1.88 bits per heavy atom. The number of aromatic nitrogens is 3. The van der Waals surface area contributed by atoms with E-state index in [1.54, 1.807) is 6.20 Å². The number of ether oxygens (including phenoxy) is 1. The number of halogens is 1. The fourth-order valence-electron chi connectivity index (χ4n) is 2.60. The van der Waals surface area contributed by atoms with E-state index in [1.807, 2.05) is 24.3 Å². The van der Waals surface area contributed by atoms with Crippen LogP contribution in [0.1, 0.15) is 5.56 Å². The van der Waals surface area contributed by atoms with Crippen molar-refractivity contribution in [2.45, 2.75) is 6.42 Å². The van der Waals surface area contributed by atoms with E-state index in [1.165, 1.54) is 5.56 Å². The summed E-state index contributed by atoms with van der Waals surface area (Å²) in [6.07, 6.45) is 2.51. The number of hydrogen-bond acceptors (Lipinski definition) is 7. The number of anilines is 2. The summed E-state index contributed by atoms with van der Waals surface area (Å²) in [5.74, 6) is 1.27.